The number of aromatic nitrogens is 3. The molecule has 6 nitrogen and oxygen atoms in total. The maximum absolute atomic E-state index is 11.8. The van der Waals surface area contributed by atoms with Crippen LogP contribution >= 0.6 is 0 Å². The lowest BCUT2D eigenvalue weighted by Gasteiger charge is -2.31. The summed E-state index contributed by atoms with van der Waals surface area (Å²) in [7, 11) is 1.60. The fraction of sp³-hybridized carbons (Fsp3) is 0.250. The molecular weight excluding hydrogens is 328 g/mol. The highest BCUT2D eigenvalue weighted by Gasteiger charge is 2.36. The first-order valence-electron chi connectivity index (χ1n) is 8.47. The van der Waals surface area contributed by atoms with Gasteiger partial charge in [0.25, 0.3) is 5.91 Å². The van der Waals surface area contributed by atoms with E-state index < -0.39 is 5.60 Å². The Hall–Kier alpha value is -2.99. The van der Waals surface area contributed by atoms with Crippen LogP contribution in [0.4, 0.5) is 0 Å². The van der Waals surface area contributed by atoms with E-state index in [2.05, 4.69) is 20.3 Å². The molecule has 0 spiro atoms. The van der Waals surface area contributed by atoms with Crippen molar-refractivity contribution in [3.8, 4) is 11.3 Å². The fourth-order valence-corrected chi connectivity index (χ4v) is 3.03. The van der Waals surface area contributed by atoms with E-state index in [1.54, 1.807) is 37.9 Å². The Balaban J connectivity index is 1.97. The summed E-state index contributed by atoms with van der Waals surface area (Å²) in [5.41, 5.74) is 2.38. The molecule has 1 aromatic carbocycles. The summed E-state index contributed by atoms with van der Waals surface area (Å²) in [4.78, 5) is 23.2. The van der Waals surface area contributed by atoms with E-state index in [1.165, 1.54) is 0 Å². The van der Waals surface area contributed by atoms with Crippen LogP contribution in [0, 0.1) is 5.92 Å². The van der Waals surface area contributed by atoms with Gasteiger partial charge in [0.15, 0.2) is 0 Å². The van der Waals surface area contributed by atoms with Gasteiger partial charge in [0.05, 0.1) is 23.9 Å². The van der Waals surface area contributed by atoms with Gasteiger partial charge in [-0.3, -0.25) is 9.78 Å². The first-order valence-corrected chi connectivity index (χ1v) is 8.47. The Bertz CT molecular complexity index is 888. The highest BCUT2D eigenvalue weighted by atomic mass is 16.3. The quantitative estimate of drug-likeness (QED) is 0.660. The van der Waals surface area contributed by atoms with Crippen LogP contribution in [0.15, 0.2) is 55.1 Å². The number of imidazole rings is 1. The van der Waals surface area contributed by atoms with Gasteiger partial charge in [-0.15, -0.1) is 0 Å². The number of aromatic amines is 1. The lowest BCUT2D eigenvalue weighted by Crippen LogP contribution is -2.33. The Kier molecular flexibility index (Phi) is 4.86. The number of carbonyl (C=O) groups excluding carboxylic acids is 1. The minimum Gasteiger partial charge on any atom is -0.379 e. The van der Waals surface area contributed by atoms with Gasteiger partial charge >= 0.3 is 0 Å². The molecule has 1 amide bonds. The highest BCUT2D eigenvalue weighted by molar-refractivity contribution is 5.94. The van der Waals surface area contributed by atoms with Gasteiger partial charge in [0.2, 0.25) is 0 Å². The van der Waals surface area contributed by atoms with Crippen LogP contribution in [0.1, 0.15) is 35.5 Å². The molecule has 1 unspecified atom stereocenters. The molecule has 3 N–H and O–H groups in total. The van der Waals surface area contributed by atoms with E-state index in [4.69, 9.17) is 0 Å². The van der Waals surface area contributed by atoms with Crippen molar-refractivity contribution in [2.45, 2.75) is 19.4 Å². The summed E-state index contributed by atoms with van der Waals surface area (Å²) in [5.74, 6) is -0.206. The molecule has 2 heterocycles. The van der Waals surface area contributed by atoms with Gasteiger partial charge in [-0.25, -0.2) is 4.98 Å². The maximum Gasteiger partial charge on any atom is 0.251 e. The predicted molar refractivity (Wildman–Crippen MR) is 99.5 cm³/mol. The molecule has 0 aliphatic rings. The summed E-state index contributed by atoms with van der Waals surface area (Å²) in [5, 5.41) is 13.9. The van der Waals surface area contributed by atoms with Crippen LogP contribution in [0.5, 0.6) is 0 Å². The van der Waals surface area contributed by atoms with Crippen molar-refractivity contribution in [3.63, 3.8) is 0 Å². The molecule has 0 bridgehead atoms. The average molecular weight is 350 g/mol. The van der Waals surface area contributed by atoms with Crippen LogP contribution in [-0.4, -0.2) is 33.0 Å². The van der Waals surface area contributed by atoms with Gasteiger partial charge in [0, 0.05) is 24.4 Å². The number of nitrogens with one attached hydrogen (secondary N) is 2. The van der Waals surface area contributed by atoms with Crippen LogP contribution in [0.25, 0.3) is 11.3 Å². The molecule has 1 atom stereocenters. The maximum atomic E-state index is 11.8. The Labute approximate surface area is 152 Å². The average Bonchev–Trinajstić information content (AvgIpc) is 3.22. The molecule has 0 radical (unpaired) electrons. The Morgan fingerprint density at radius 2 is 1.96 bits per heavy atom. The SMILES string of the molecule is CNC(=O)c1ccnc(-c2ccc(C(O)(c3cnc[nH]3)C(C)C)cc2)c1. The molecule has 0 saturated carbocycles. The second kappa shape index (κ2) is 7.09. The number of pyridine rings is 1. The van der Waals surface area contributed by atoms with Crippen LogP contribution < -0.4 is 5.32 Å². The number of nitrogens with zero attached hydrogens (tertiary/aromatic N) is 2. The number of hydrogen-bond donors (Lipinski definition) is 3. The first-order chi connectivity index (χ1) is 12.5. The van der Waals surface area contributed by atoms with Gasteiger partial charge in [-0.1, -0.05) is 38.1 Å². The molecule has 3 rings (SSSR count). The van der Waals surface area contributed by atoms with Crippen LogP contribution in [0.3, 0.4) is 0 Å². The molecule has 26 heavy (non-hydrogen) atoms. The second-order valence-electron chi connectivity index (χ2n) is 6.47. The third kappa shape index (κ3) is 3.11. The van der Waals surface area contributed by atoms with Crippen molar-refractivity contribution in [3.05, 3.63) is 71.9 Å². The second-order valence-corrected chi connectivity index (χ2v) is 6.47. The van der Waals surface area contributed by atoms with Crippen molar-refractivity contribution in [2.75, 3.05) is 7.05 Å². The lowest BCUT2D eigenvalue weighted by atomic mass is 9.80. The lowest BCUT2D eigenvalue weighted by molar-refractivity contribution is 0.0279. The monoisotopic (exact) mass is 350 g/mol. The third-order valence-corrected chi connectivity index (χ3v) is 4.61. The molecule has 0 saturated heterocycles. The normalized spacial score (nSPS) is 13.4. The Morgan fingerprint density at radius 1 is 1.23 bits per heavy atom. The zero-order valence-electron chi connectivity index (χ0n) is 15.0. The van der Waals surface area contributed by atoms with E-state index in [0.717, 1.165) is 11.1 Å². The van der Waals surface area contributed by atoms with E-state index in [-0.39, 0.29) is 11.8 Å². The zero-order chi connectivity index (χ0) is 18.7. The number of amides is 1. The summed E-state index contributed by atoms with van der Waals surface area (Å²) >= 11 is 0. The highest BCUT2D eigenvalue weighted by Crippen LogP contribution is 2.36. The van der Waals surface area contributed by atoms with Crippen molar-refractivity contribution in [1.82, 2.24) is 20.3 Å². The number of H-pyrrole nitrogens is 1. The Morgan fingerprint density at radius 3 is 2.54 bits per heavy atom. The number of aliphatic hydroxyl groups is 1. The first kappa shape index (κ1) is 17.8. The zero-order valence-corrected chi connectivity index (χ0v) is 15.0. The smallest absolute Gasteiger partial charge is 0.251 e. The van der Waals surface area contributed by atoms with E-state index in [1.807, 2.05) is 38.1 Å². The van der Waals surface area contributed by atoms with E-state index in [0.29, 0.717) is 17.0 Å². The minimum absolute atomic E-state index is 0.0523. The van der Waals surface area contributed by atoms with Crippen molar-refractivity contribution < 1.29 is 9.90 Å². The van der Waals surface area contributed by atoms with E-state index >= 15 is 0 Å². The van der Waals surface area contributed by atoms with Gasteiger partial charge in [-0.2, -0.15) is 0 Å². The summed E-state index contributed by atoms with van der Waals surface area (Å²) in [6, 6.07) is 11.0. The minimum atomic E-state index is -1.16. The van der Waals surface area contributed by atoms with Crippen molar-refractivity contribution >= 4 is 5.91 Å². The number of rotatable bonds is 5. The molecule has 0 aliphatic carbocycles. The van der Waals surface area contributed by atoms with Gasteiger partial charge in [-0.05, 0) is 23.6 Å². The largest absolute Gasteiger partial charge is 0.379 e. The molecule has 0 fully saturated rings. The van der Waals surface area contributed by atoms with Crippen LogP contribution in [0.2, 0.25) is 0 Å². The molecule has 6 heteroatoms. The third-order valence-electron chi connectivity index (χ3n) is 4.61. The molecular formula is C20H22N4O2. The molecule has 2 aromatic heterocycles. The topological polar surface area (TPSA) is 90.9 Å². The van der Waals surface area contributed by atoms with Crippen molar-refractivity contribution in [1.29, 1.82) is 0 Å². The molecule has 134 valence electrons. The van der Waals surface area contributed by atoms with Gasteiger partial charge < -0.3 is 15.4 Å². The molecule has 3 aromatic rings. The fourth-order valence-electron chi connectivity index (χ4n) is 3.03. The van der Waals surface area contributed by atoms with Gasteiger partial charge in [0.1, 0.15) is 5.60 Å². The predicted octanol–water partition coefficient (Wildman–Crippen LogP) is 2.72. The summed E-state index contributed by atoms with van der Waals surface area (Å²) < 4.78 is 0. The number of benzene rings is 1. The summed E-state index contributed by atoms with van der Waals surface area (Å²) in [6.07, 6.45) is 4.82. The van der Waals surface area contributed by atoms with Crippen molar-refractivity contribution in [2.24, 2.45) is 5.92 Å². The van der Waals surface area contributed by atoms with Crippen LogP contribution in [-0.2, 0) is 5.60 Å². The molecule has 0 aliphatic heterocycles. The summed E-state index contributed by atoms with van der Waals surface area (Å²) in [6.45, 7) is 3.92. The van der Waals surface area contributed by atoms with E-state index in [9.17, 15) is 9.90 Å². The number of carbonyl (C=O) groups is 1. The number of hydrogen-bond acceptors (Lipinski definition) is 4. The standard InChI is InChI=1S/C20H22N4O2/c1-13(2)20(26,18-11-22-12-24-18)16-6-4-14(5-7-16)17-10-15(8-9-23-17)19(25)21-3/h4-13,26H,1-3H3,(H,21,25)(H,22,24).